The van der Waals surface area contributed by atoms with E-state index in [1.54, 1.807) is 24.3 Å². The SMILES string of the molecule is O=C(Oc1c(Br)cc(Br)cc1C=NNC(=O)c1[nH]c2c(F)cccc2c1-c1ccccc1)c1ccc([N+](=O)[O-])cc1. The highest BCUT2D eigenvalue weighted by Gasteiger charge is 2.21. The minimum Gasteiger partial charge on any atom is -0.421 e. The van der Waals surface area contributed by atoms with Gasteiger partial charge in [0.2, 0.25) is 0 Å². The molecule has 0 unspecified atom stereocenters. The first-order valence-electron chi connectivity index (χ1n) is 11.9. The third-order valence-corrected chi connectivity index (χ3v) is 7.03. The Morgan fingerprint density at radius 1 is 1.00 bits per heavy atom. The molecular formula is C29H17Br2FN4O5. The summed E-state index contributed by atoms with van der Waals surface area (Å²) in [4.78, 5) is 39.2. The number of carbonyl (C=O) groups excluding carboxylic acids is 2. The van der Waals surface area contributed by atoms with E-state index in [1.165, 1.54) is 36.5 Å². The van der Waals surface area contributed by atoms with Crippen LogP contribution in [0.15, 0.2) is 99.0 Å². The maximum atomic E-state index is 14.6. The fraction of sp³-hybridized carbons (Fsp3) is 0. The quantitative estimate of drug-likeness (QED) is 0.0610. The van der Waals surface area contributed by atoms with Crippen LogP contribution in [0.1, 0.15) is 26.4 Å². The number of esters is 1. The minimum absolute atomic E-state index is 0.0982. The average molecular weight is 680 g/mol. The molecule has 0 spiro atoms. The number of fused-ring (bicyclic) bond motifs is 1. The van der Waals surface area contributed by atoms with E-state index in [2.05, 4.69) is 47.4 Å². The van der Waals surface area contributed by atoms with Crippen LogP contribution < -0.4 is 10.2 Å². The van der Waals surface area contributed by atoms with E-state index < -0.39 is 22.6 Å². The number of benzene rings is 4. The summed E-state index contributed by atoms with van der Waals surface area (Å²) in [7, 11) is 0. The van der Waals surface area contributed by atoms with Crippen molar-refractivity contribution >= 4 is 66.5 Å². The largest absolute Gasteiger partial charge is 0.421 e. The van der Waals surface area contributed by atoms with Crippen molar-refractivity contribution in [2.24, 2.45) is 5.10 Å². The molecule has 0 bridgehead atoms. The maximum Gasteiger partial charge on any atom is 0.343 e. The van der Waals surface area contributed by atoms with E-state index in [0.717, 1.165) is 5.56 Å². The molecule has 2 N–H and O–H groups in total. The van der Waals surface area contributed by atoms with Gasteiger partial charge in [0, 0.05) is 33.1 Å². The van der Waals surface area contributed by atoms with E-state index >= 15 is 0 Å². The number of H-pyrrole nitrogens is 1. The number of nitro benzene ring substituents is 1. The first kappa shape index (κ1) is 27.9. The highest BCUT2D eigenvalue weighted by atomic mass is 79.9. The number of hydrazone groups is 1. The Bertz CT molecular complexity index is 1840. The fourth-order valence-corrected chi connectivity index (χ4v) is 5.47. The number of nitrogens with one attached hydrogen (secondary N) is 2. The number of rotatable bonds is 7. The van der Waals surface area contributed by atoms with Crippen molar-refractivity contribution in [3.05, 3.63) is 127 Å². The Morgan fingerprint density at radius 2 is 1.73 bits per heavy atom. The summed E-state index contributed by atoms with van der Waals surface area (Å²) >= 11 is 6.74. The second kappa shape index (κ2) is 11.8. The van der Waals surface area contributed by atoms with Gasteiger partial charge in [-0.1, -0.05) is 58.4 Å². The molecule has 0 aliphatic heterocycles. The summed E-state index contributed by atoms with van der Waals surface area (Å²) in [6, 6.07) is 21.9. The van der Waals surface area contributed by atoms with Crippen molar-refractivity contribution in [1.82, 2.24) is 10.4 Å². The lowest BCUT2D eigenvalue weighted by atomic mass is 10.0. The molecule has 1 heterocycles. The van der Waals surface area contributed by atoms with E-state index in [0.29, 0.717) is 25.5 Å². The van der Waals surface area contributed by atoms with E-state index in [1.807, 2.05) is 30.3 Å². The summed E-state index contributed by atoms with van der Waals surface area (Å²) in [5.41, 5.74) is 4.26. The number of non-ortho nitro benzene ring substituents is 1. The lowest BCUT2D eigenvalue weighted by Gasteiger charge is -2.10. The summed E-state index contributed by atoms with van der Waals surface area (Å²) < 4.78 is 21.2. The summed E-state index contributed by atoms with van der Waals surface area (Å²) in [6.45, 7) is 0. The van der Waals surface area contributed by atoms with Crippen LogP contribution in [0.3, 0.4) is 0 Å². The van der Waals surface area contributed by atoms with Crippen LogP contribution in [0.2, 0.25) is 0 Å². The van der Waals surface area contributed by atoms with E-state index in [4.69, 9.17) is 4.74 Å². The van der Waals surface area contributed by atoms with Crippen molar-refractivity contribution in [2.75, 3.05) is 0 Å². The lowest BCUT2D eigenvalue weighted by molar-refractivity contribution is -0.384. The molecule has 204 valence electrons. The molecule has 0 fully saturated rings. The van der Waals surface area contributed by atoms with Crippen molar-refractivity contribution in [3.8, 4) is 16.9 Å². The summed E-state index contributed by atoms with van der Waals surface area (Å²) in [5.74, 6) is -1.77. The highest BCUT2D eigenvalue weighted by Crippen LogP contribution is 2.34. The summed E-state index contributed by atoms with van der Waals surface area (Å²) in [6.07, 6.45) is 1.29. The average Bonchev–Trinajstić information content (AvgIpc) is 3.36. The zero-order chi connectivity index (χ0) is 29.1. The molecule has 0 saturated carbocycles. The van der Waals surface area contributed by atoms with Crippen LogP contribution >= 0.6 is 31.9 Å². The second-order valence-corrected chi connectivity index (χ2v) is 10.4. The van der Waals surface area contributed by atoms with Gasteiger partial charge in [0.05, 0.1) is 26.7 Å². The predicted octanol–water partition coefficient (Wildman–Crippen LogP) is 7.39. The fourth-order valence-electron chi connectivity index (χ4n) is 4.13. The maximum absolute atomic E-state index is 14.6. The van der Waals surface area contributed by atoms with Gasteiger partial charge in [-0.05, 0) is 51.8 Å². The molecule has 9 nitrogen and oxygen atoms in total. The van der Waals surface area contributed by atoms with Gasteiger partial charge in [0.1, 0.15) is 11.5 Å². The normalized spacial score (nSPS) is 11.1. The van der Waals surface area contributed by atoms with E-state index in [-0.39, 0.29) is 28.2 Å². The molecule has 12 heteroatoms. The molecule has 5 aromatic rings. The number of aromatic nitrogens is 1. The number of carbonyl (C=O) groups is 2. The smallest absolute Gasteiger partial charge is 0.343 e. The monoisotopic (exact) mass is 678 g/mol. The molecule has 0 atom stereocenters. The van der Waals surface area contributed by atoms with Crippen molar-refractivity contribution in [3.63, 3.8) is 0 Å². The standard InChI is InChI=1S/C29H17Br2FN4O5/c30-19-13-18(27(22(31)14-19)41-29(38)17-9-11-20(12-10-17)36(39)40)15-33-35-28(37)26-24(16-5-2-1-3-6-16)21-7-4-8-23(32)25(21)34-26/h1-15,34H,(H,35,37). The van der Waals surface area contributed by atoms with Crippen LogP contribution in [0.4, 0.5) is 10.1 Å². The Morgan fingerprint density at radius 3 is 2.44 bits per heavy atom. The Labute approximate surface area is 248 Å². The molecule has 1 amide bonds. The second-order valence-electron chi connectivity index (χ2n) is 8.60. The predicted molar refractivity (Wildman–Crippen MR) is 159 cm³/mol. The molecule has 0 aliphatic carbocycles. The van der Waals surface area contributed by atoms with Crippen LogP contribution in [0, 0.1) is 15.9 Å². The molecule has 0 radical (unpaired) electrons. The van der Waals surface area contributed by atoms with Gasteiger partial charge in [-0.25, -0.2) is 14.6 Å². The lowest BCUT2D eigenvalue weighted by Crippen LogP contribution is -2.19. The van der Waals surface area contributed by atoms with Gasteiger partial charge >= 0.3 is 5.97 Å². The first-order valence-corrected chi connectivity index (χ1v) is 13.5. The van der Waals surface area contributed by atoms with Crippen molar-refractivity contribution in [1.29, 1.82) is 0 Å². The first-order chi connectivity index (χ1) is 19.7. The molecule has 41 heavy (non-hydrogen) atoms. The van der Waals surface area contributed by atoms with Crippen LogP contribution in [0.25, 0.3) is 22.0 Å². The molecule has 0 aliphatic rings. The third kappa shape index (κ3) is 5.93. The number of nitrogens with zero attached hydrogens (tertiary/aromatic N) is 2. The van der Waals surface area contributed by atoms with Crippen molar-refractivity contribution in [2.45, 2.75) is 0 Å². The number of aromatic amines is 1. The Kier molecular flexibility index (Phi) is 8.04. The Hall–Kier alpha value is -4.68. The van der Waals surface area contributed by atoms with Crippen LogP contribution in [-0.4, -0.2) is 28.0 Å². The van der Waals surface area contributed by atoms with Gasteiger partial charge in [0.15, 0.2) is 5.75 Å². The number of hydrogen-bond acceptors (Lipinski definition) is 6. The highest BCUT2D eigenvalue weighted by molar-refractivity contribution is 9.11. The van der Waals surface area contributed by atoms with Gasteiger partial charge in [-0.3, -0.25) is 14.9 Å². The van der Waals surface area contributed by atoms with Gasteiger partial charge in [-0.2, -0.15) is 5.10 Å². The van der Waals surface area contributed by atoms with E-state index in [9.17, 15) is 24.1 Å². The van der Waals surface area contributed by atoms with Gasteiger partial charge < -0.3 is 9.72 Å². The number of ether oxygens (including phenoxy) is 1. The molecule has 5 rings (SSSR count). The van der Waals surface area contributed by atoms with Gasteiger partial charge in [0.25, 0.3) is 11.6 Å². The Balaban J connectivity index is 1.42. The molecule has 1 aromatic heterocycles. The van der Waals surface area contributed by atoms with Crippen molar-refractivity contribution < 1.29 is 23.6 Å². The molecular weight excluding hydrogens is 663 g/mol. The number of para-hydroxylation sites is 1. The van der Waals surface area contributed by atoms with Crippen LogP contribution in [-0.2, 0) is 0 Å². The molecule has 0 saturated heterocycles. The zero-order valence-electron chi connectivity index (χ0n) is 20.7. The zero-order valence-corrected chi connectivity index (χ0v) is 23.9. The van der Waals surface area contributed by atoms with Crippen LogP contribution in [0.5, 0.6) is 5.75 Å². The number of halogens is 3. The summed E-state index contributed by atoms with van der Waals surface area (Å²) in [5, 5.41) is 15.5. The van der Waals surface area contributed by atoms with Gasteiger partial charge in [-0.15, -0.1) is 0 Å². The topological polar surface area (TPSA) is 127 Å². The number of amides is 1. The number of nitro groups is 1. The third-order valence-electron chi connectivity index (χ3n) is 5.99. The number of hydrogen-bond donors (Lipinski definition) is 2. The minimum atomic E-state index is -0.755. The molecule has 4 aromatic carbocycles.